The number of para-hydroxylation sites is 1. The van der Waals surface area contributed by atoms with E-state index in [2.05, 4.69) is 15.6 Å². The predicted octanol–water partition coefficient (Wildman–Crippen LogP) is 2.70. The Bertz CT molecular complexity index is 833. The molecule has 1 aromatic carbocycles. The first kappa shape index (κ1) is 20.5. The van der Waals surface area contributed by atoms with Crippen LogP contribution in [0.4, 0.5) is 4.79 Å². The first-order valence-electron chi connectivity index (χ1n) is 8.84. The third-order valence-corrected chi connectivity index (χ3v) is 3.98. The van der Waals surface area contributed by atoms with E-state index in [4.69, 9.17) is 4.74 Å². The molecule has 7 nitrogen and oxygen atoms in total. The first-order chi connectivity index (χ1) is 12.5. The number of ether oxygens (including phenoxy) is 1. The number of nitrogens with one attached hydrogen (secondary N) is 3. The van der Waals surface area contributed by atoms with Gasteiger partial charge in [-0.15, -0.1) is 0 Å². The van der Waals surface area contributed by atoms with Crippen LogP contribution in [-0.4, -0.2) is 40.5 Å². The Morgan fingerprint density at radius 2 is 1.85 bits per heavy atom. The second-order valence-electron chi connectivity index (χ2n) is 8.03. The van der Waals surface area contributed by atoms with Gasteiger partial charge in [-0.25, -0.2) is 4.79 Å². The molecule has 3 N–H and O–H groups in total. The Hall–Kier alpha value is -2.83. The van der Waals surface area contributed by atoms with Gasteiger partial charge < -0.3 is 25.1 Å². The number of rotatable bonds is 6. The number of aromatic amines is 1. The summed E-state index contributed by atoms with van der Waals surface area (Å²) in [7, 11) is 0. The van der Waals surface area contributed by atoms with Crippen molar-refractivity contribution in [3.8, 4) is 0 Å². The Morgan fingerprint density at radius 3 is 2.48 bits per heavy atom. The molecule has 1 atom stereocenters. The Kier molecular flexibility index (Phi) is 5.93. The van der Waals surface area contributed by atoms with Crippen molar-refractivity contribution in [2.75, 3.05) is 0 Å². The SMILES string of the molecule is CC(C)(C)OC(=O)NC(C)(C)C(=O)NC(C=O)Cc1c[nH]c2ccccc12. The van der Waals surface area contributed by atoms with Crippen LogP contribution < -0.4 is 10.6 Å². The molecular formula is C20H27N3O4. The van der Waals surface area contributed by atoms with Crippen LogP contribution in [0, 0.1) is 0 Å². The summed E-state index contributed by atoms with van der Waals surface area (Å²) in [4.78, 5) is 39.2. The lowest BCUT2D eigenvalue weighted by Crippen LogP contribution is -2.57. The molecule has 0 radical (unpaired) electrons. The van der Waals surface area contributed by atoms with Crippen LogP contribution in [0.2, 0.25) is 0 Å². The van der Waals surface area contributed by atoms with Crippen molar-refractivity contribution < 1.29 is 19.1 Å². The molecule has 0 bridgehead atoms. The number of aromatic nitrogens is 1. The summed E-state index contributed by atoms with van der Waals surface area (Å²) in [5.74, 6) is -0.467. The summed E-state index contributed by atoms with van der Waals surface area (Å²) in [5.41, 5.74) is -0.00231. The average Bonchev–Trinajstić information content (AvgIpc) is 2.94. The van der Waals surface area contributed by atoms with Gasteiger partial charge in [-0.2, -0.15) is 0 Å². The van der Waals surface area contributed by atoms with E-state index in [0.29, 0.717) is 12.7 Å². The van der Waals surface area contributed by atoms with Crippen molar-refractivity contribution in [3.63, 3.8) is 0 Å². The number of benzene rings is 1. The monoisotopic (exact) mass is 373 g/mol. The van der Waals surface area contributed by atoms with Gasteiger partial charge in [-0.1, -0.05) is 18.2 Å². The second-order valence-corrected chi connectivity index (χ2v) is 8.03. The average molecular weight is 373 g/mol. The number of H-pyrrole nitrogens is 1. The molecule has 0 fully saturated rings. The number of alkyl carbamates (subject to hydrolysis) is 1. The topological polar surface area (TPSA) is 100 Å². The summed E-state index contributed by atoms with van der Waals surface area (Å²) in [6.45, 7) is 8.33. The highest BCUT2D eigenvalue weighted by molar-refractivity contribution is 5.91. The van der Waals surface area contributed by atoms with E-state index in [0.717, 1.165) is 16.5 Å². The molecule has 0 saturated carbocycles. The number of fused-ring (bicyclic) bond motifs is 1. The lowest BCUT2D eigenvalue weighted by molar-refractivity contribution is -0.128. The Morgan fingerprint density at radius 1 is 1.19 bits per heavy atom. The lowest BCUT2D eigenvalue weighted by Gasteiger charge is -2.28. The molecule has 27 heavy (non-hydrogen) atoms. The Labute approximate surface area is 158 Å². The highest BCUT2D eigenvalue weighted by Crippen LogP contribution is 2.19. The van der Waals surface area contributed by atoms with Crippen molar-refractivity contribution in [1.29, 1.82) is 0 Å². The van der Waals surface area contributed by atoms with Crippen LogP contribution in [0.15, 0.2) is 30.5 Å². The van der Waals surface area contributed by atoms with Crippen LogP contribution in [0.25, 0.3) is 10.9 Å². The highest BCUT2D eigenvalue weighted by atomic mass is 16.6. The molecule has 0 aliphatic carbocycles. The number of carbonyl (C=O) groups excluding carboxylic acids is 3. The molecule has 2 aromatic rings. The maximum atomic E-state index is 12.6. The summed E-state index contributed by atoms with van der Waals surface area (Å²) in [6.07, 6.45) is 2.18. The highest BCUT2D eigenvalue weighted by Gasteiger charge is 2.33. The third kappa shape index (κ3) is 5.57. The zero-order chi connectivity index (χ0) is 20.2. The molecule has 7 heteroatoms. The first-order valence-corrected chi connectivity index (χ1v) is 8.84. The van der Waals surface area contributed by atoms with Gasteiger partial charge in [0.1, 0.15) is 17.4 Å². The summed E-state index contributed by atoms with van der Waals surface area (Å²) in [5, 5.41) is 6.23. The fourth-order valence-electron chi connectivity index (χ4n) is 2.63. The molecular weight excluding hydrogens is 346 g/mol. The molecule has 0 spiro atoms. The van der Waals surface area contributed by atoms with Gasteiger partial charge in [0.15, 0.2) is 0 Å². The minimum absolute atomic E-state index is 0.349. The summed E-state index contributed by atoms with van der Waals surface area (Å²) < 4.78 is 5.18. The predicted molar refractivity (Wildman–Crippen MR) is 103 cm³/mol. The molecule has 1 heterocycles. The molecule has 2 amide bonds. The third-order valence-electron chi connectivity index (χ3n) is 3.98. The normalized spacial score (nSPS) is 13.1. The summed E-state index contributed by atoms with van der Waals surface area (Å²) >= 11 is 0. The molecule has 0 aliphatic heterocycles. The van der Waals surface area contributed by atoms with Gasteiger partial charge in [-0.3, -0.25) is 4.79 Å². The number of amides is 2. The van der Waals surface area contributed by atoms with E-state index in [1.807, 2.05) is 30.5 Å². The van der Waals surface area contributed by atoms with E-state index in [1.54, 1.807) is 34.6 Å². The standard InChI is InChI=1S/C20H27N3O4/c1-19(2,3)27-18(26)23-20(4,5)17(25)22-14(12-24)10-13-11-21-16-9-7-6-8-15(13)16/h6-9,11-12,14,21H,10H2,1-5H3,(H,22,25)(H,23,26). The quantitative estimate of drug-likeness (QED) is 0.678. The van der Waals surface area contributed by atoms with E-state index in [-0.39, 0.29) is 0 Å². The van der Waals surface area contributed by atoms with Gasteiger partial charge in [0.05, 0.1) is 6.04 Å². The molecule has 0 saturated heterocycles. The van der Waals surface area contributed by atoms with E-state index in [1.165, 1.54) is 0 Å². The molecule has 0 aliphatic rings. The van der Waals surface area contributed by atoms with Gasteiger partial charge in [0.2, 0.25) is 5.91 Å². The fraction of sp³-hybridized carbons (Fsp3) is 0.450. The van der Waals surface area contributed by atoms with Crippen molar-refractivity contribution >= 4 is 29.2 Å². The zero-order valence-electron chi connectivity index (χ0n) is 16.4. The maximum absolute atomic E-state index is 12.6. The minimum atomic E-state index is -1.23. The number of hydrogen-bond acceptors (Lipinski definition) is 4. The van der Waals surface area contributed by atoms with E-state index >= 15 is 0 Å². The lowest BCUT2D eigenvalue weighted by atomic mass is 10.0. The van der Waals surface area contributed by atoms with Gasteiger partial charge in [0, 0.05) is 23.5 Å². The Balaban J connectivity index is 2.03. The van der Waals surface area contributed by atoms with E-state index < -0.39 is 29.2 Å². The van der Waals surface area contributed by atoms with Crippen LogP contribution in [0.5, 0.6) is 0 Å². The van der Waals surface area contributed by atoms with Gasteiger partial charge in [-0.05, 0) is 46.2 Å². The smallest absolute Gasteiger partial charge is 0.408 e. The largest absolute Gasteiger partial charge is 0.444 e. The molecule has 2 rings (SSSR count). The van der Waals surface area contributed by atoms with Crippen LogP contribution in [-0.2, 0) is 20.7 Å². The van der Waals surface area contributed by atoms with Gasteiger partial charge in [0.25, 0.3) is 0 Å². The van der Waals surface area contributed by atoms with Crippen molar-refractivity contribution in [1.82, 2.24) is 15.6 Å². The molecule has 1 unspecified atom stereocenters. The number of aldehydes is 1. The minimum Gasteiger partial charge on any atom is -0.444 e. The van der Waals surface area contributed by atoms with Crippen molar-refractivity contribution in [2.24, 2.45) is 0 Å². The van der Waals surface area contributed by atoms with Crippen LogP contribution in [0.3, 0.4) is 0 Å². The maximum Gasteiger partial charge on any atom is 0.408 e. The molecule has 1 aromatic heterocycles. The van der Waals surface area contributed by atoms with E-state index in [9.17, 15) is 14.4 Å². The molecule has 146 valence electrons. The van der Waals surface area contributed by atoms with Crippen molar-refractivity contribution in [2.45, 2.75) is 58.2 Å². The number of carbonyl (C=O) groups is 3. The fourth-order valence-corrected chi connectivity index (χ4v) is 2.63. The van der Waals surface area contributed by atoms with Crippen LogP contribution in [0.1, 0.15) is 40.2 Å². The zero-order valence-corrected chi connectivity index (χ0v) is 16.4. The van der Waals surface area contributed by atoms with Crippen molar-refractivity contribution in [3.05, 3.63) is 36.0 Å². The second kappa shape index (κ2) is 7.82. The van der Waals surface area contributed by atoms with Gasteiger partial charge >= 0.3 is 6.09 Å². The summed E-state index contributed by atoms with van der Waals surface area (Å²) in [6, 6.07) is 7.03. The number of hydrogen-bond donors (Lipinski definition) is 3. The van der Waals surface area contributed by atoms with Crippen LogP contribution >= 0.6 is 0 Å².